The van der Waals surface area contributed by atoms with Gasteiger partial charge in [0, 0.05) is 21.7 Å². The van der Waals surface area contributed by atoms with E-state index in [2.05, 4.69) is 15.2 Å². The van der Waals surface area contributed by atoms with E-state index >= 15 is 0 Å². The van der Waals surface area contributed by atoms with Crippen LogP contribution in [0.1, 0.15) is 5.69 Å². The molecule has 2 heterocycles. The normalized spacial score (nSPS) is 10.8. The van der Waals surface area contributed by atoms with Crippen molar-refractivity contribution in [1.29, 1.82) is 0 Å². The van der Waals surface area contributed by atoms with Crippen molar-refractivity contribution in [3.8, 4) is 11.3 Å². The summed E-state index contributed by atoms with van der Waals surface area (Å²) in [6, 6.07) is 11.0. The van der Waals surface area contributed by atoms with E-state index in [4.69, 9.17) is 11.6 Å². The third-order valence-corrected chi connectivity index (χ3v) is 3.14. The van der Waals surface area contributed by atoms with Crippen molar-refractivity contribution in [2.75, 3.05) is 0 Å². The number of aromatic nitrogens is 3. The molecule has 0 bridgehead atoms. The fourth-order valence-electron chi connectivity index (χ4n) is 1.97. The van der Waals surface area contributed by atoms with E-state index in [1.54, 1.807) is 12.1 Å². The number of aryl methyl sites for hydroxylation is 1. The molecule has 4 nitrogen and oxygen atoms in total. The van der Waals surface area contributed by atoms with Crippen LogP contribution in [0.25, 0.3) is 22.2 Å². The van der Waals surface area contributed by atoms with Crippen LogP contribution in [-0.2, 0) is 0 Å². The molecular formula is C14H10ClN3O. The summed E-state index contributed by atoms with van der Waals surface area (Å²) in [6.45, 7) is 1.85. The maximum absolute atomic E-state index is 11.8. The van der Waals surface area contributed by atoms with Gasteiger partial charge in [-0.3, -0.25) is 4.79 Å². The molecule has 2 aromatic heterocycles. The Morgan fingerprint density at radius 1 is 1.11 bits per heavy atom. The zero-order chi connectivity index (χ0) is 13.4. The van der Waals surface area contributed by atoms with Crippen LogP contribution in [0.2, 0.25) is 5.02 Å². The molecule has 3 aromatic rings. The third-order valence-electron chi connectivity index (χ3n) is 2.89. The van der Waals surface area contributed by atoms with E-state index < -0.39 is 0 Å². The molecule has 1 N–H and O–H groups in total. The van der Waals surface area contributed by atoms with Crippen molar-refractivity contribution >= 4 is 22.5 Å². The van der Waals surface area contributed by atoms with Crippen molar-refractivity contribution in [1.82, 2.24) is 15.2 Å². The van der Waals surface area contributed by atoms with E-state index in [9.17, 15) is 4.79 Å². The maximum Gasteiger partial charge on any atom is 0.290 e. The number of pyridine rings is 1. The Morgan fingerprint density at radius 3 is 2.58 bits per heavy atom. The van der Waals surface area contributed by atoms with Crippen molar-refractivity contribution in [3.63, 3.8) is 0 Å². The topological polar surface area (TPSA) is 58.6 Å². The summed E-state index contributed by atoms with van der Waals surface area (Å²) in [5.41, 5.74) is 2.50. The Kier molecular flexibility index (Phi) is 2.80. The first-order valence-electron chi connectivity index (χ1n) is 5.77. The molecule has 3 rings (SSSR count). The first kappa shape index (κ1) is 11.9. The second-order valence-electron chi connectivity index (χ2n) is 4.26. The van der Waals surface area contributed by atoms with Crippen LogP contribution < -0.4 is 5.56 Å². The van der Waals surface area contributed by atoms with Crippen molar-refractivity contribution in [2.45, 2.75) is 6.92 Å². The van der Waals surface area contributed by atoms with E-state index in [1.165, 1.54) is 0 Å². The molecule has 0 aliphatic rings. The fraction of sp³-hybridized carbons (Fsp3) is 0.0714. The highest BCUT2D eigenvalue weighted by atomic mass is 35.5. The van der Waals surface area contributed by atoms with Crippen LogP contribution in [0.3, 0.4) is 0 Å². The molecule has 0 fully saturated rings. The highest BCUT2D eigenvalue weighted by Gasteiger charge is 2.09. The zero-order valence-electron chi connectivity index (χ0n) is 10.1. The molecule has 5 heteroatoms. The van der Waals surface area contributed by atoms with Gasteiger partial charge in [-0.1, -0.05) is 23.7 Å². The smallest absolute Gasteiger partial charge is 0.266 e. The first-order chi connectivity index (χ1) is 9.15. The number of nitrogens with one attached hydrogen (secondary N) is 1. The highest BCUT2D eigenvalue weighted by Crippen LogP contribution is 2.24. The Labute approximate surface area is 114 Å². The average molecular weight is 272 g/mol. The average Bonchev–Trinajstić information content (AvgIpc) is 2.41. The number of hydrogen-bond acceptors (Lipinski definition) is 3. The molecule has 0 saturated heterocycles. The fourth-order valence-corrected chi connectivity index (χ4v) is 2.09. The van der Waals surface area contributed by atoms with Gasteiger partial charge >= 0.3 is 0 Å². The van der Waals surface area contributed by atoms with Crippen LogP contribution in [0, 0.1) is 6.92 Å². The number of hydrogen-bond donors (Lipinski definition) is 1. The molecular weight excluding hydrogens is 262 g/mol. The van der Waals surface area contributed by atoms with Gasteiger partial charge in [-0.05, 0) is 31.2 Å². The van der Waals surface area contributed by atoms with Gasteiger partial charge in [0.1, 0.15) is 11.2 Å². The van der Waals surface area contributed by atoms with Crippen LogP contribution in [-0.4, -0.2) is 15.2 Å². The number of benzene rings is 1. The monoisotopic (exact) mass is 271 g/mol. The summed E-state index contributed by atoms with van der Waals surface area (Å²) < 4.78 is 0. The van der Waals surface area contributed by atoms with Gasteiger partial charge in [0.2, 0.25) is 0 Å². The van der Waals surface area contributed by atoms with E-state index in [0.717, 1.165) is 16.6 Å². The predicted molar refractivity (Wildman–Crippen MR) is 75.3 cm³/mol. The zero-order valence-corrected chi connectivity index (χ0v) is 10.9. The van der Waals surface area contributed by atoms with Gasteiger partial charge in [0.25, 0.3) is 5.56 Å². The Hall–Kier alpha value is -2.20. The molecule has 0 atom stereocenters. The Morgan fingerprint density at radius 2 is 1.84 bits per heavy atom. The molecule has 0 aliphatic heterocycles. The minimum Gasteiger partial charge on any atom is -0.266 e. The molecule has 0 aliphatic carbocycles. The molecule has 0 spiro atoms. The second kappa shape index (κ2) is 4.48. The molecule has 0 unspecified atom stereocenters. The number of aromatic amines is 1. The number of H-pyrrole nitrogens is 1. The lowest BCUT2D eigenvalue weighted by Gasteiger charge is -2.05. The van der Waals surface area contributed by atoms with Gasteiger partial charge in [-0.25, -0.2) is 10.1 Å². The van der Waals surface area contributed by atoms with Gasteiger partial charge in [-0.15, -0.1) is 0 Å². The number of fused-ring (bicyclic) bond motifs is 1. The van der Waals surface area contributed by atoms with Gasteiger partial charge in [0.15, 0.2) is 0 Å². The number of halogens is 1. The Bertz CT molecular complexity index is 809. The van der Waals surface area contributed by atoms with E-state index in [1.807, 2.05) is 31.2 Å². The number of rotatable bonds is 1. The first-order valence-corrected chi connectivity index (χ1v) is 6.15. The van der Waals surface area contributed by atoms with Crippen molar-refractivity contribution in [2.24, 2.45) is 0 Å². The number of nitrogens with zero attached hydrogens (tertiary/aromatic N) is 2. The summed E-state index contributed by atoms with van der Waals surface area (Å²) in [5, 5.41) is 7.99. The lowest BCUT2D eigenvalue weighted by atomic mass is 10.1. The predicted octanol–water partition coefficient (Wildman–Crippen LogP) is 2.95. The Balaban J connectivity index is 2.33. The molecule has 0 saturated carbocycles. The van der Waals surface area contributed by atoms with Crippen LogP contribution in [0.15, 0.2) is 41.2 Å². The standard InChI is InChI=1S/C14H10ClN3O/c1-8-2-7-11-12(9-3-5-10(15)6-4-9)17-18-14(19)13(11)16-8/h2-7H,1H3,(H,18,19). The van der Waals surface area contributed by atoms with Gasteiger partial charge < -0.3 is 0 Å². The maximum atomic E-state index is 11.8. The third kappa shape index (κ3) is 2.11. The minimum atomic E-state index is -0.281. The molecule has 1 aromatic carbocycles. The van der Waals surface area contributed by atoms with Crippen LogP contribution in [0.5, 0.6) is 0 Å². The summed E-state index contributed by atoms with van der Waals surface area (Å²) in [7, 11) is 0. The molecule has 0 amide bonds. The van der Waals surface area contributed by atoms with Gasteiger partial charge in [-0.2, -0.15) is 5.10 Å². The van der Waals surface area contributed by atoms with Crippen LogP contribution in [0.4, 0.5) is 0 Å². The largest absolute Gasteiger partial charge is 0.290 e. The second-order valence-corrected chi connectivity index (χ2v) is 4.69. The molecule has 0 radical (unpaired) electrons. The summed E-state index contributed by atoms with van der Waals surface area (Å²) in [4.78, 5) is 16.0. The van der Waals surface area contributed by atoms with Crippen molar-refractivity contribution < 1.29 is 0 Å². The summed E-state index contributed by atoms with van der Waals surface area (Å²) in [5.74, 6) is 0. The van der Waals surface area contributed by atoms with E-state index in [0.29, 0.717) is 16.2 Å². The summed E-state index contributed by atoms with van der Waals surface area (Å²) in [6.07, 6.45) is 0. The lowest BCUT2D eigenvalue weighted by Crippen LogP contribution is -2.11. The van der Waals surface area contributed by atoms with Crippen molar-refractivity contribution in [3.05, 3.63) is 57.5 Å². The lowest BCUT2D eigenvalue weighted by molar-refractivity contribution is 1.01. The minimum absolute atomic E-state index is 0.281. The SMILES string of the molecule is Cc1ccc2c(-c3ccc(Cl)cc3)n[nH]c(=O)c2n1. The molecule has 19 heavy (non-hydrogen) atoms. The highest BCUT2D eigenvalue weighted by molar-refractivity contribution is 6.30. The van der Waals surface area contributed by atoms with Crippen LogP contribution >= 0.6 is 11.6 Å². The summed E-state index contributed by atoms with van der Waals surface area (Å²) >= 11 is 5.87. The van der Waals surface area contributed by atoms with E-state index in [-0.39, 0.29) is 5.56 Å². The quantitative estimate of drug-likeness (QED) is 0.740. The van der Waals surface area contributed by atoms with Gasteiger partial charge in [0.05, 0.1) is 0 Å². The molecule has 94 valence electrons.